The molecule has 0 aliphatic carbocycles. The van der Waals surface area contributed by atoms with Gasteiger partial charge in [0, 0.05) is 59.0 Å². The number of rotatable bonds is 8. The van der Waals surface area contributed by atoms with Gasteiger partial charge in [-0.1, -0.05) is 18.2 Å². The predicted molar refractivity (Wildman–Crippen MR) is 129 cm³/mol. The molecule has 1 fully saturated rings. The number of fused-ring (bicyclic) bond motifs is 3. The Labute approximate surface area is 197 Å². The monoisotopic (exact) mass is 475 g/mol. The van der Waals surface area contributed by atoms with Gasteiger partial charge in [-0.25, -0.2) is 8.78 Å². The molecule has 2 atom stereocenters. The van der Waals surface area contributed by atoms with Gasteiger partial charge >= 0.3 is 0 Å². The number of alkyl halides is 3. The van der Waals surface area contributed by atoms with E-state index in [4.69, 9.17) is 0 Å². The van der Waals surface area contributed by atoms with Crippen molar-refractivity contribution in [3.63, 3.8) is 0 Å². The third kappa shape index (κ3) is 4.73. The normalized spacial score (nSPS) is 22.6. The molecule has 33 heavy (non-hydrogen) atoms. The van der Waals surface area contributed by atoms with Crippen molar-refractivity contribution in [2.45, 2.75) is 51.1 Å². The molecule has 3 nitrogen and oxygen atoms in total. The lowest BCUT2D eigenvalue weighted by Gasteiger charge is -2.41. The summed E-state index contributed by atoms with van der Waals surface area (Å²) in [5.41, 5.74) is 3.40. The number of hydrogen-bond acceptors (Lipinski definition) is 3. The summed E-state index contributed by atoms with van der Waals surface area (Å²) in [5.74, 6) is -2.16. The number of aromatic amines is 1. The van der Waals surface area contributed by atoms with Gasteiger partial charge < -0.3 is 9.88 Å². The smallest absolute Gasteiger partial charge is 0.257 e. The van der Waals surface area contributed by atoms with Crippen molar-refractivity contribution >= 4 is 22.2 Å². The fourth-order valence-electron chi connectivity index (χ4n) is 5.59. The van der Waals surface area contributed by atoms with Crippen LogP contribution in [0, 0.1) is 5.92 Å². The van der Waals surface area contributed by atoms with Gasteiger partial charge in [0.2, 0.25) is 0 Å². The van der Waals surface area contributed by atoms with E-state index in [0.29, 0.717) is 12.3 Å². The minimum atomic E-state index is -2.76. The van der Waals surface area contributed by atoms with Gasteiger partial charge in [-0.05, 0) is 55.9 Å². The van der Waals surface area contributed by atoms with Crippen LogP contribution < -0.4 is 0 Å². The molecule has 3 aromatic rings. The standard InChI is InChI=1S/C26H32F3N3S/c1-17-12-21-20-6-3-4-7-22(20)30-24(21)25(32(17)16-26(2,28)29)23-9-8-19(33-23)13-18-14-31(15-18)11-5-10-27/h3-4,6-9,17-18,25,30H,5,10-16H2,1-2H3/t17-,25-/m1/s1. The molecule has 178 valence electrons. The second-order valence-electron chi connectivity index (χ2n) is 9.94. The number of nitrogens with one attached hydrogen (secondary N) is 1. The lowest BCUT2D eigenvalue weighted by Crippen LogP contribution is -2.47. The second-order valence-corrected chi connectivity index (χ2v) is 11.1. The molecule has 0 amide bonds. The number of para-hydroxylation sites is 1. The van der Waals surface area contributed by atoms with Crippen LogP contribution in [0.5, 0.6) is 0 Å². The van der Waals surface area contributed by atoms with Crippen LogP contribution in [0.25, 0.3) is 10.9 Å². The van der Waals surface area contributed by atoms with Gasteiger partial charge in [0.15, 0.2) is 0 Å². The number of hydrogen-bond donors (Lipinski definition) is 1. The number of aromatic nitrogens is 1. The lowest BCUT2D eigenvalue weighted by atomic mass is 9.91. The van der Waals surface area contributed by atoms with Crippen LogP contribution in [-0.2, 0) is 12.8 Å². The molecule has 2 aliphatic heterocycles. The first-order valence-corrected chi connectivity index (χ1v) is 12.7. The number of thiophene rings is 1. The quantitative estimate of drug-likeness (QED) is 0.428. The van der Waals surface area contributed by atoms with Crippen molar-refractivity contribution in [3.05, 3.63) is 57.4 Å². The molecule has 0 unspecified atom stereocenters. The van der Waals surface area contributed by atoms with Crippen molar-refractivity contribution in [2.75, 3.05) is 32.9 Å². The molecule has 0 saturated carbocycles. The Morgan fingerprint density at radius 2 is 1.94 bits per heavy atom. The van der Waals surface area contributed by atoms with E-state index >= 15 is 0 Å². The van der Waals surface area contributed by atoms with Crippen molar-refractivity contribution in [1.82, 2.24) is 14.8 Å². The zero-order valence-corrected chi connectivity index (χ0v) is 20.1. The highest BCUT2D eigenvalue weighted by atomic mass is 32.1. The van der Waals surface area contributed by atoms with Crippen LogP contribution in [0.1, 0.15) is 47.3 Å². The molecule has 1 N–H and O–H groups in total. The summed E-state index contributed by atoms with van der Waals surface area (Å²) in [5, 5.41) is 1.20. The maximum absolute atomic E-state index is 14.2. The molecule has 1 aromatic carbocycles. The average Bonchev–Trinajstić information content (AvgIpc) is 3.34. The van der Waals surface area contributed by atoms with Gasteiger partial charge in [-0.15, -0.1) is 11.3 Å². The Morgan fingerprint density at radius 3 is 2.70 bits per heavy atom. The molecule has 2 aromatic heterocycles. The summed E-state index contributed by atoms with van der Waals surface area (Å²) in [7, 11) is 0. The SMILES string of the molecule is C[C@@H]1Cc2c([nH]c3ccccc23)[C@@H](c2ccc(CC3CN(CCCF)C3)s2)N1CC(C)(F)F. The predicted octanol–water partition coefficient (Wildman–Crippen LogP) is 6.05. The zero-order valence-electron chi connectivity index (χ0n) is 19.3. The summed E-state index contributed by atoms with van der Waals surface area (Å²) in [6, 6.07) is 12.4. The number of H-pyrrole nitrogens is 1. The molecule has 2 aliphatic rings. The Balaban J connectivity index is 1.42. The number of nitrogens with zero attached hydrogens (tertiary/aromatic N) is 2. The summed E-state index contributed by atoms with van der Waals surface area (Å²) in [6.45, 7) is 5.46. The summed E-state index contributed by atoms with van der Waals surface area (Å²) in [6.07, 6.45) is 2.38. The highest BCUT2D eigenvalue weighted by molar-refractivity contribution is 7.12. The van der Waals surface area contributed by atoms with Gasteiger partial charge in [-0.3, -0.25) is 9.29 Å². The van der Waals surface area contributed by atoms with Crippen molar-refractivity contribution in [3.8, 4) is 0 Å². The van der Waals surface area contributed by atoms with Crippen LogP contribution >= 0.6 is 11.3 Å². The highest BCUT2D eigenvalue weighted by Crippen LogP contribution is 2.44. The molecular formula is C26H32F3N3S. The third-order valence-electron chi connectivity index (χ3n) is 7.06. The summed E-state index contributed by atoms with van der Waals surface area (Å²) >= 11 is 1.76. The van der Waals surface area contributed by atoms with Gasteiger partial charge in [-0.2, -0.15) is 0 Å². The topological polar surface area (TPSA) is 22.3 Å². The first-order chi connectivity index (χ1) is 15.8. The number of benzene rings is 1. The Kier molecular flexibility index (Phi) is 6.31. The Morgan fingerprint density at radius 1 is 1.15 bits per heavy atom. The van der Waals surface area contributed by atoms with Crippen molar-refractivity contribution in [2.24, 2.45) is 5.92 Å². The van der Waals surface area contributed by atoms with E-state index in [9.17, 15) is 13.2 Å². The molecule has 0 radical (unpaired) electrons. The Bertz CT molecular complexity index is 1100. The summed E-state index contributed by atoms with van der Waals surface area (Å²) < 4.78 is 40.9. The fraction of sp³-hybridized carbons (Fsp3) is 0.538. The van der Waals surface area contributed by atoms with Crippen LogP contribution in [0.15, 0.2) is 36.4 Å². The molecule has 0 bridgehead atoms. The average molecular weight is 476 g/mol. The molecule has 4 heterocycles. The van der Waals surface area contributed by atoms with Crippen LogP contribution in [0.3, 0.4) is 0 Å². The van der Waals surface area contributed by atoms with Gasteiger partial charge in [0.1, 0.15) is 0 Å². The molecule has 7 heteroatoms. The van der Waals surface area contributed by atoms with E-state index < -0.39 is 5.92 Å². The van der Waals surface area contributed by atoms with Gasteiger partial charge in [0.05, 0.1) is 19.3 Å². The van der Waals surface area contributed by atoms with Crippen molar-refractivity contribution < 1.29 is 13.2 Å². The first-order valence-electron chi connectivity index (χ1n) is 11.9. The minimum Gasteiger partial charge on any atom is -0.357 e. The minimum absolute atomic E-state index is 0.0220. The van der Waals surface area contributed by atoms with E-state index in [1.165, 1.54) is 15.8 Å². The summed E-state index contributed by atoms with van der Waals surface area (Å²) in [4.78, 5) is 10.3. The third-order valence-corrected chi connectivity index (χ3v) is 8.22. The van der Waals surface area contributed by atoms with Crippen LogP contribution in [0.2, 0.25) is 0 Å². The van der Waals surface area contributed by atoms with Gasteiger partial charge in [0.25, 0.3) is 5.92 Å². The highest BCUT2D eigenvalue weighted by Gasteiger charge is 2.40. The number of halogens is 3. The van der Waals surface area contributed by atoms with Crippen LogP contribution in [0.4, 0.5) is 13.2 Å². The second kappa shape index (κ2) is 9.08. The molecular weight excluding hydrogens is 443 g/mol. The molecule has 5 rings (SSSR count). The van der Waals surface area contributed by atoms with E-state index in [1.54, 1.807) is 11.3 Å². The maximum atomic E-state index is 14.2. The maximum Gasteiger partial charge on any atom is 0.257 e. The zero-order chi connectivity index (χ0) is 23.2. The van der Waals surface area contributed by atoms with Crippen molar-refractivity contribution in [1.29, 1.82) is 0 Å². The first kappa shape index (κ1) is 22.9. The largest absolute Gasteiger partial charge is 0.357 e. The van der Waals surface area contributed by atoms with E-state index in [1.807, 2.05) is 17.0 Å². The van der Waals surface area contributed by atoms with E-state index in [0.717, 1.165) is 55.5 Å². The van der Waals surface area contributed by atoms with E-state index in [-0.39, 0.29) is 25.3 Å². The van der Waals surface area contributed by atoms with Crippen LogP contribution in [-0.4, -0.2) is 59.6 Å². The van der Waals surface area contributed by atoms with E-state index in [2.05, 4.69) is 41.1 Å². The fourth-order valence-corrected chi connectivity index (χ4v) is 6.85. The molecule has 0 spiro atoms. The number of likely N-dealkylation sites (tertiary alicyclic amines) is 1. The Hall–Kier alpha value is -1.83. The lowest BCUT2D eigenvalue weighted by molar-refractivity contribution is -0.0362. The molecule has 1 saturated heterocycles.